The first kappa shape index (κ1) is 11.7. The zero-order valence-corrected chi connectivity index (χ0v) is 9.59. The largest absolute Gasteiger partial charge is 0.395 e. The number of aliphatic hydroxyl groups excluding tert-OH is 1. The Morgan fingerprint density at radius 2 is 2.21 bits per heavy atom. The molecular formula is C12H23NO. The third-order valence-corrected chi connectivity index (χ3v) is 3.27. The first-order valence-electron chi connectivity index (χ1n) is 5.64. The van der Waals surface area contributed by atoms with Crippen LogP contribution < -0.4 is 5.32 Å². The van der Waals surface area contributed by atoms with Crippen molar-refractivity contribution in [1.82, 2.24) is 5.32 Å². The van der Waals surface area contributed by atoms with Gasteiger partial charge in [-0.15, -0.1) is 0 Å². The van der Waals surface area contributed by atoms with Gasteiger partial charge in [0.25, 0.3) is 0 Å². The van der Waals surface area contributed by atoms with E-state index in [1.165, 1.54) is 12.0 Å². The molecule has 1 aliphatic rings. The van der Waals surface area contributed by atoms with Crippen LogP contribution in [0.5, 0.6) is 0 Å². The molecule has 14 heavy (non-hydrogen) atoms. The van der Waals surface area contributed by atoms with Crippen LogP contribution in [0.4, 0.5) is 0 Å². The van der Waals surface area contributed by atoms with Gasteiger partial charge in [0.05, 0.1) is 6.61 Å². The van der Waals surface area contributed by atoms with Crippen LogP contribution in [0, 0.1) is 17.8 Å². The second-order valence-electron chi connectivity index (χ2n) is 4.65. The fraction of sp³-hybridized carbons (Fsp3) is 0.833. The summed E-state index contributed by atoms with van der Waals surface area (Å²) in [4.78, 5) is 0. The van der Waals surface area contributed by atoms with Gasteiger partial charge in [-0.3, -0.25) is 0 Å². The van der Waals surface area contributed by atoms with Gasteiger partial charge in [0.2, 0.25) is 0 Å². The summed E-state index contributed by atoms with van der Waals surface area (Å²) in [6.45, 7) is 8.85. The molecule has 0 bridgehead atoms. The Bertz CT molecular complexity index is 200. The lowest BCUT2D eigenvalue weighted by Gasteiger charge is -2.33. The predicted octanol–water partition coefficient (Wildman–Crippen LogP) is 1.81. The molecular weight excluding hydrogens is 174 g/mol. The normalized spacial score (nSPS) is 32.9. The first-order valence-corrected chi connectivity index (χ1v) is 5.64. The van der Waals surface area contributed by atoms with Gasteiger partial charge in [-0.1, -0.05) is 25.5 Å². The zero-order chi connectivity index (χ0) is 10.6. The van der Waals surface area contributed by atoms with E-state index in [1.54, 1.807) is 0 Å². The van der Waals surface area contributed by atoms with Gasteiger partial charge in [0.15, 0.2) is 0 Å². The first-order chi connectivity index (χ1) is 6.65. The van der Waals surface area contributed by atoms with Crippen LogP contribution in [0.15, 0.2) is 11.6 Å². The Balaban J connectivity index is 2.43. The van der Waals surface area contributed by atoms with Gasteiger partial charge in [0.1, 0.15) is 0 Å². The molecule has 3 atom stereocenters. The lowest BCUT2D eigenvalue weighted by Crippen LogP contribution is -2.34. The van der Waals surface area contributed by atoms with Gasteiger partial charge < -0.3 is 10.4 Å². The van der Waals surface area contributed by atoms with E-state index in [2.05, 4.69) is 32.2 Å². The molecule has 0 fully saturated rings. The van der Waals surface area contributed by atoms with E-state index < -0.39 is 0 Å². The van der Waals surface area contributed by atoms with Gasteiger partial charge in [-0.25, -0.2) is 0 Å². The van der Waals surface area contributed by atoms with Crippen LogP contribution in [0.25, 0.3) is 0 Å². The minimum atomic E-state index is 0.240. The van der Waals surface area contributed by atoms with E-state index in [1.807, 2.05) is 0 Å². The molecule has 2 heteroatoms. The van der Waals surface area contributed by atoms with Gasteiger partial charge in [0, 0.05) is 6.54 Å². The molecule has 0 heterocycles. The SMILES string of the molecule is CC1=C[C@H](C)[C@H](CNCCO)[C@H](C)C1. The summed E-state index contributed by atoms with van der Waals surface area (Å²) in [6.07, 6.45) is 3.63. The minimum Gasteiger partial charge on any atom is -0.395 e. The minimum absolute atomic E-state index is 0.240. The van der Waals surface area contributed by atoms with E-state index in [4.69, 9.17) is 5.11 Å². The molecule has 0 aliphatic heterocycles. The number of aliphatic hydroxyl groups is 1. The van der Waals surface area contributed by atoms with Crippen molar-refractivity contribution in [3.63, 3.8) is 0 Å². The topological polar surface area (TPSA) is 32.3 Å². The summed E-state index contributed by atoms with van der Waals surface area (Å²) in [5.41, 5.74) is 1.53. The van der Waals surface area contributed by atoms with E-state index >= 15 is 0 Å². The van der Waals surface area contributed by atoms with Crippen molar-refractivity contribution in [3.8, 4) is 0 Å². The Morgan fingerprint density at radius 1 is 1.50 bits per heavy atom. The quantitative estimate of drug-likeness (QED) is 0.532. The van der Waals surface area contributed by atoms with Crippen LogP contribution in [-0.4, -0.2) is 24.8 Å². The lowest BCUT2D eigenvalue weighted by atomic mass is 9.75. The molecule has 0 aromatic carbocycles. The molecule has 0 unspecified atom stereocenters. The van der Waals surface area contributed by atoms with Crippen LogP contribution in [0.2, 0.25) is 0 Å². The highest BCUT2D eigenvalue weighted by Crippen LogP contribution is 2.32. The van der Waals surface area contributed by atoms with E-state index in [0.29, 0.717) is 5.92 Å². The highest BCUT2D eigenvalue weighted by atomic mass is 16.3. The van der Waals surface area contributed by atoms with Crippen LogP contribution in [-0.2, 0) is 0 Å². The molecule has 1 aliphatic carbocycles. The van der Waals surface area contributed by atoms with Crippen molar-refractivity contribution in [2.75, 3.05) is 19.7 Å². The smallest absolute Gasteiger partial charge is 0.0555 e. The number of nitrogens with one attached hydrogen (secondary N) is 1. The summed E-state index contributed by atoms with van der Waals surface area (Å²) in [5.74, 6) is 2.16. The maximum absolute atomic E-state index is 8.70. The van der Waals surface area contributed by atoms with Gasteiger partial charge in [-0.2, -0.15) is 0 Å². The molecule has 0 aromatic heterocycles. The monoisotopic (exact) mass is 197 g/mol. The summed E-state index contributed by atoms with van der Waals surface area (Å²) < 4.78 is 0. The summed E-state index contributed by atoms with van der Waals surface area (Å²) in [5, 5.41) is 12.0. The van der Waals surface area contributed by atoms with E-state index in [0.717, 1.165) is 24.9 Å². The molecule has 0 saturated heterocycles. The predicted molar refractivity (Wildman–Crippen MR) is 60.1 cm³/mol. The maximum Gasteiger partial charge on any atom is 0.0555 e. The number of allylic oxidation sites excluding steroid dienone is 2. The summed E-state index contributed by atoms with van der Waals surface area (Å²) in [6, 6.07) is 0. The highest BCUT2D eigenvalue weighted by Gasteiger charge is 2.25. The Labute approximate surface area is 87.4 Å². The number of hydrogen-bond donors (Lipinski definition) is 2. The average molecular weight is 197 g/mol. The van der Waals surface area contributed by atoms with Gasteiger partial charge in [-0.05, 0) is 37.6 Å². The van der Waals surface area contributed by atoms with Crippen molar-refractivity contribution in [3.05, 3.63) is 11.6 Å². The molecule has 2 N–H and O–H groups in total. The van der Waals surface area contributed by atoms with Crippen molar-refractivity contribution in [2.45, 2.75) is 27.2 Å². The number of hydrogen-bond acceptors (Lipinski definition) is 2. The molecule has 0 aromatic rings. The maximum atomic E-state index is 8.70. The molecule has 1 rings (SSSR count). The van der Waals surface area contributed by atoms with Crippen molar-refractivity contribution >= 4 is 0 Å². The fourth-order valence-corrected chi connectivity index (χ4v) is 2.55. The summed E-state index contributed by atoms with van der Waals surface area (Å²) in [7, 11) is 0. The lowest BCUT2D eigenvalue weighted by molar-refractivity contribution is 0.243. The number of rotatable bonds is 4. The Kier molecular flexibility index (Phi) is 4.63. The van der Waals surface area contributed by atoms with Gasteiger partial charge >= 0.3 is 0 Å². The second-order valence-corrected chi connectivity index (χ2v) is 4.65. The standard InChI is InChI=1S/C12H23NO/c1-9-6-10(2)12(11(3)7-9)8-13-4-5-14/h6,10-14H,4-5,7-8H2,1-3H3/t10-,11+,12-/m0/s1. The molecule has 0 amide bonds. The third kappa shape index (κ3) is 3.10. The van der Waals surface area contributed by atoms with E-state index in [-0.39, 0.29) is 6.61 Å². The second kappa shape index (κ2) is 5.52. The average Bonchev–Trinajstić information content (AvgIpc) is 2.09. The van der Waals surface area contributed by atoms with Crippen molar-refractivity contribution in [2.24, 2.45) is 17.8 Å². The van der Waals surface area contributed by atoms with Crippen molar-refractivity contribution < 1.29 is 5.11 Å². The van der Waals surface area contributed by atoms with Crippen LogP contribution >= 0.6 is 0 Å². The highest BCUT2D eigenvalue weighted by molar-refractivity contribution is 5.08. The molecule has 0 radical (unpaired) electrons. The van der Waals surface area contributed by atoms with Crippen LogP contribution in [0.1, 0.15) is 27.2 Å². The molecule has 2 nitrogen and oxygen atoms in total. The van der Waals surface area contributed by atoms with E-state index in [9.17, 15) is 0 Å². The molecule has 82 valence electrons. The fourth-order valence-electron chi connectivity index (χ4n) is 2.55. The zero-order valence-electron chi connectivity index (χ0n) is 9.59. The molecule has 0 saturated carbocycles. The summed E-state index contributed by atoms with van der Waals surface area (Å²) >= 11 is 0. The van der Waals surface area contributed by atoms with Crippen LogP contribution in [0.3, 0.4) is 0 Å². The van der Waals surface area contributed by atoms with Crippen molar-refractivity contribution in [1.29, 1.82) is 0 Å². The Hall–Kier alpha value is -0.340. The third-order valence-electron chi connectivity index (χ3n) is 3.27. The molecule has 0 spiro atoms. The Morgan fingerprint density at radius 3 is 2.79 bits per heavy atom.